The van der Waals surface area contributed by atoms with Gasteiger partial charge in [-0.1, -0.05) is 12.1 Å². The van der Waals surface area contributed by atoms with Crippen LogP contribution in [0, 0.1) is 11.3 Å². The van der Waals surface area contributed by atoms with Crippen molar-refractivity contribution < 1.29 is 19.1 Å². The number of benzene rings is 2. The fourth-order valence-corrected chi connectivity index (χ4v) is 2.58. The van der Waals surface area contributed by atoms with Crippen LogP contribution < -0.4 is 14.8 Å². The van der Waals surface area contributed by atoms with Gasteiger partial charge in [-0.2, -0.15) is 5.26 Å². The van der Waals surface area contributed by atoms with Gasteiger partial charge in [0.25, 0.3) is 0 Å². The van der Waals surface area contributed by atoms with Crippen molar-refractivity contribution >= 4 is 17.5 Å². The first-order valence-corrected chi connectivity index (χ1v) is 7.99. The van der Waals surface area contributed by atoms with Gasteiger partial charge in [-0.25, -0.2) is 0 Å². The molecule has 2 aromatic carbocycles. The highest BCUT2D eigenvalue weighted by atomic mass is 16.7. The van der Waals surface area contributed by atoms with Gasteiger partial charge >= 0.3 is 0 Å². The van der Waals surface area contributed by atoms with Gasteiger partial charge in [-0.3, -0.25) is 9.59 Å². The SMILES string of the molecule is CC(=O)N(CC(=O)Nc1cccc(C#N)c1)Cc1ccc2c(c1)OCO2. The Morgan fingerprint density at radius 1 is 1.19 bits per heavy atom. The Hall–Kier alpha value is -3.53. The van der Waals surface area contributed by atoms with Crippen LogP contribution in [-0.2, 0) is 16.1 Å². The number of fused-ring (bicyclic) bond motifs is 1. The Kier molecular flexibility index (Phi) is 5.04. The number of anilines is 1. The van der Waals surface area contributed by atoms with Crippen LogP contribution in [0.25, 0.3) is 0 Å². The number of nitrogens with one attached hydrogen (secondary N) is 1. The van der Waals surface area contributed by atoms with Gasteiger partial charge in [0.05, 0.1) is 11.6 Å². The molecule has 1 heterocycles. The van der Waals surface area contributed by atoms with E-state index in [1.165, 1.54) is 11.8 Å². The number of amides is 2. The Balaban J connectivity index is 1.65. The number of nitriles is 1. The van der Waals surface area contributed by atoms with Crippen molar-refractivity contribution in [3.05, 3.63) is 53.6 Å². The van der Waals surface area contributed by atoms with Crippen molar-refractivity contribution in [3.8, 4) is 17.6 Å². The summed E-state index contributed by atoms with van der Waals surface area (Å²) in [4.78, 5) is 25.6. The second-order valence-corrected chi connectivity index (χ2v) is 5.80. The van der Waals surface area contributed by atoms with E-state index in [-0.39, 0.29) is 31.7 Å². The molecule has 2 amide bonds. The van der Waals surface area contributed by atoms with E-state index >= 15 is 0 Å². The van der Waals surface area contributed by atoms with Gasteiger partial charge < -0.3 is 19.7 Å². The third-order valence-corrected chi connectivity index (χ3v) is 3.87. The van der Waals surface area contributed by atoms with E-state index in [1.807, 2.05) is 12.1 Å². The molecule has 7 nitrogen and oxygen atoms in total. The molecule has 0 fully saturated rings. The average molecular weight is 351 g/mol. The number of nitrogens with zero attached hydrogens (tertiary/aromatic N) is 2. The molecule has 132 valence electrons. The van der Waals surface area contributed by atoms with Crippen molar-refractivity contribution in [2.75, 3.05) is 18.7 Å². The third-order valence-electron chi connectivity index (χ3n) is 3.87. The van der Waals surface area contributed by atoms with Crippen molar-refractivity contribution in [2.24, 2.45) is 0 Å². The number of hydrogen-bond acceptors (Lipinski definition) is 5. The fraction of sp³-hybridized carbons (Fsp3) is 0.211. The molecule has 1 aliphatic rings. The molecule has 2 aromatic rings. The minimum atomic E-state index is -0.337. The van der Waals surface area contributed by atoms with Crippen molar-refractivity contribution in [2.45, 2.75) is 13.5 Å². The quantitative estimate of drug-likeness (QED) is 0.892. The molecule has 0 saturated heterocycles. The molecular formula is C19H17N3O4. The van der Waals surface area contributed by atoms with Crippen LogP contribution in [0.5, 0.6) is 11.5 Å². The standard InChI is InChI=1S/C19H17N3O4/c1-13(23)22(10-15-5-6-17-18(8-15)26-12-25-17)11-19(24)21-16-4-2-3-14(7-16)9-20/h2-8H,10-12H2,1H3,(H,21,24). The Labute approximate surface area is 150 Å². The number of rotatable bonds is 5. The van der Waals surface area contributed by atoms with Crippen molar-refractivity contribution in [1.29, 1.82) is 5.26 Å². The Morgan fingerprint density at radius 2 is 2.00 bits per heavy atom. The zero-order valence-electron chi connectivity index (χ0n) is 14.2. The predicted molar refractivity (Wildman–Crippen MR) is 93.4 cm³/mol. The van der Waals surface area contributed by atoms with E-state index in [0.717, 1.165) is 5.56 Å². The molecule has 1 N–H and O–H groups in total. The molecule has 0 atom stereocenters. The smallest absolute Gasteiger partial charge is 0.244 e. The van der Waals surface area contributed by atoms with Gasteiger partial charge in [0.2, 0.25) is 18.6 Å². The second kappa shape index (κ2) is 7.57. The fourth-order valence-electron chi connectivity index (χ4n) is 2.58. The molecule has 0 unspecified atom stereocenters. The van der Waals surface area contributed by atoms with Crippen LogP contribution in [0.3, 0.4) is 0 Å². The summed E-state index contributed by atoms with van der Waals surface area (Å²) in [6, 6.07) is 14.0. The first-order chi connectivity index (χ1) is 12.5. The molecule has 26 heavy (non-hydrogen) atoms. The number of ether oxygens (including phenoxy) is 2. The summed E-state index contributed by atoms with van der Waals surface area (Å²) in [5.74, 6) is 0.738. The molecule has 0 radical (unpaired) electrons. The maximum absolute atomic E-state index is 12.3. The molecule has 0 saturated carbocycles. The summed E-state index contributed by atoms with van der Waals surface area (Å²) in [6.07, 6.45) is 0. The van der Waals surface area contributed by atoms with Crippen LogP contribution in [0.4, 0.5) is 5.69 Å². The van der Waals surface area contributed by atoms with Crippen LogP contribution in [0.1, 0.15) is 18.1 Å². The highest BCUT2D eigenvalue weighted by Crippen LogP contribution is 2.32. The predicted octanol–water partition coefficient (Wildman–Crippen LogP) is 2.27. The van der Waals surface area contributed by atoms with E-state index in [0.29, 0.717) is 22.7 Å². The highest BCUT2D eigenvalue weighted by Gasteiger charge is 2.18. The molecule has 0 aliphatic carbocycles. The van der Waals surface area contributed by atoms with Crippen molar-refractivity contribution in [3.63, 3.8) is 0 Å². The third kappa shape index (κ3) is 4.11. The minimum absolute atomic E-state index is 0.0967. The minimum Gasteiger partial charge on any atom is -0.454 e. The van der Waals surface area contributed by atoms with Gasteiger partial charge in [0.1, 0.15) is 6.54 Å². The van der Waals surface area contributed by atoms with Crippen LogP contribution >= 0.6 is 0 Å². The lowest BCUT2D eigenvalue weighted by Crippen LogP contribution is -2.36. The van der Waals surface area contributed by atoms with Gasteiger partial charge in [-0.05, 0) is 35.9 Å². The topological polar surface area (TPSA) is 91.7 Å². The maximum Gasteiger partial charge on any atom is 0.244 e. The number of hydrogen-bond donors (Lipinski definition) is 1. The summed E-state index contributed by atoms with van der Waals surface area (Å²) in [7, 11) is 0. The molecule has 0 aromatic heterocycles. The monoisotopic (exact) mass is 351 g/mol. The van der Waals surface area contributed by atoms with Crippen LogP contribution in [-0.4, -0.2) is 30.1 Å². The summed E-state index contributed by atoms with van der Waals surface area (Å²) >= 11 is 0. The molecule has 0 bridgehead atoms. The molecule has 0 spiro atoms. The lowest BCUT2D eigenvalue weighted by atomic mass is 10.2. The Morgan fingerprint density at radius 3 is 2.77 bits per heavy atom. The lowest BCUT2D eigenvalue weighted by molar-refractivity contribution is -0.133. The van der Waals surface area contributed by atoms with E-state index in [4.69, 9.17) is 14.7 Å². The summed E-state index contributed by atoms with van der Waals surface area (Å²) < 4.78 is 10.6. The molecule has 1 aliphatic heterocycles. The first kappa shape index (κ1) is 17.3. The van der Waals surface area contributed by atoms with Gasteiger partial charge in [-0.15, -0.1) is 0 Å². The van der Waals surface area contributed by atoms with E-state index in [9.17, 15) is 9.59 Å². The van der Waals surface area contributed by atoms with Crippen LogP contribution in [0.15, 0.2) is 42.5 Å². The van der Waals surface area contributed by atoms with E-state index in [1.54, 1.807) is 36.4 Å². The first-order valence-electron chi connectivity index (χ1n) is 7.99. The second-order valence-electron chi connectivity index (χ2n) is 5.80. The van der Waals surface area contributed by atoms with Gasteiger partial charge in [0, 0.05) is 19.2 Å². The zero-order valence-corrected chi connectivity index (χ0v) is 14.2. The van der Waals surface area contributed by atoms with E-state index < -0.39 is 0 Å². The number of carbonyl (C=O) groups excluding carboxylic acids is 2. The largest absolute Gasteiger partial charge is 0.454 e. The van der Waals surface area contributed by atoms with Crippen LogP contribution in [0.2, 0.25) is 0 Å². The molecule has 3 rings (SSSR count). The molecular weight excluding hydrogens is 334 g/mol. The lowest BCUT2D eigenvalue weighted by Gasteiger charge is -2.21. The maximum atomic E-state index is 12.3. The van der Waals surface area contributed by atoms with E-state index in [2.05, 4.69) is 5.32 Å². The Bertz CT molecular complexity index is 889. The molecule has 7 heteroatoms. The van der Waals surface area contributed by atoms with Gasteiger partial charge in [0.15, 0.2) is 11.5 Å². The summed E-state index contributed by atoms with van der Waals surface area (Å²) in [5.41, 5.74) is 1.80. The van der Waals surface area contributed by atoms with Crippen molar-refractivity contribution in [1.82, 2.24) is 4.90 Å². The normalized spacial score (nSPS) is 11.5. The summed E-state index contributed by atoms with van der Waals surface area (Å²) in [5, 5.41) is 11.6. The average Bonchev–Trinajstić information content (AvgIpc) is 3.09. The highest BCUT2D eigenvalue weighted by molar-refractivity contribution is 5.94. The zero-order chi connectivity index (χ0) is 18.5. The number of carbonyl (C=O) groups is 2. The summed E-state index contributed by atoms with van der Waals surface area (Å²) in [6.45, 7) is 1.77.